The van der Waals surface area contributed by atoms with Crippen LogP contribution in [0.25, 0.3) is 0 Å². The number of hydrazine groups is 1. The summed E-state index contributed by atoms with van der Waals surface area (Å²) >= 11 is 0. The molecule has 34 heavy (non-hydrogen) atoms. The molecular weight excluding hydrogens is 438 g/mol. The summed E-state index contributed by atoms with van der Waals surface area (Å²) in [6, 6.07) is 14.4. The molecule has 1 aromatic heterocycles. The molecule has 10 nitrogen and oxygen atoms in total. The molecule has 4 amide bonds. The number of amides is 4. The normalized spacial score (nSPS) is 13.1. The van der Waals surface area contributed by atoms with Gasteiger partial charge >= 0.3 is 0 Å². The smallest absolute Gasteiger partial charge is 0.257 e. The monoisotopic (exact) mass is 459 g/mol. The molecule has 0 atom stereocenters. The number of hydrogen-bond donors (Lipinski definition) is 3. The Morgan fingerprint density at radius 1 is 0.971 bits per heavy atom. The molecule has 10 heteroatoms. The number of rotatable bonds is 6. The summed E-state index contributed by atoms with van der Waals surface area (Å²) in [6.45, 7) is 0. The van der Waals surface area contributed by atoms with Crippen LogP contribution in [0.4, 0.5) is 17.1 Å². The fourth-order valence-corrected chi connectivity index (χ4v) is 3.31. The second kappa shape index (κ2) is 9.82. The summed E-state index contributed by atoms with van der Waals surface area (Å²) in [4.78, 5) is 52.6. The van der Waals surface area contributed by atoms with Crippen LogP contribution in [0.5, 0.6) is 5.75 Å². The summed E-state index contributed by atoms with van der Waals surface area (Å²) in [5.41, 5.74) is 4.62. The quantitative estimate of drug-likeness (QED) is 0.520. The summed E-state index contributed by atoms with van der Waals surface area (Å²) in [6.07, 6.45) is 3.32. The highest BCUT2D eigenvalue weighted by atomic mass is 16.5. The molecule has 0 aliphatic carbocycles. The van der Waals surface area contributed by atoms with E-state index in [0.717, 1.165) is 0 Å². The van der Waals surface area contributed by atoms with E-state index >= 15 is 0 Å². The SMILES string of the molecule is COc1cc(NC(=O)c2ccc(N3NC(=O)CCC3=O)cc2)ccc1NC(=O)c1cccnc1. The molecule has 0 radical (unpaired) electrons. The first kappa shape index (κ1) is 22.5. The molecule has 0 spiro atoms. The fourth-order valence-electron chi connectivity index (χ4n) is 3.31. The van der Waals surface area contributed by atoms with Crippen molar-refractivity contribution in [3.63, 3.8) is 0 Å². The predicted octanol–water partition coefficient (Wildman–Crippen LogP) is 2.75. The van der Waals surface area contributed by atoms with Crippen molar-refractivity contribution in [2.75, 3.05) is 22.8 Å². The van der Waals surface area contributed by atoms with Gasteiger partial charge in [-0.3, -0.25) is 29.6 Å². The number of methoxy groups -OCH3 is 1. The zero-order chi connectivity index (χ0) is 24.1. The molecule has 0 unspecified atom stereocenters. The van der Waals surface area contributed by atoms with Crippen LogP contribution in [0.2, 0.25) is 0 Å². The molecule has 1 saturated heterocycles. The van der Waals surface area contributed by atoms with Crippen molar-refractivity contribution in [3.8, 4) is 5.75 Å². The maximum Gasteiger partial charge on any atom is 0.257 e. The number of benzene rings is 2. The molecule has 1 fully saturated rings. The van der Waals surface area contributed by atoms with Gasteiger partial charge in [0.15, 0.2) is 0 Å². The van der Waals surface area contributed by atoms with Gasteiger partial charge in [-0.05, 0) is 48.5 Å². The number of carbonyl (C=O) groups is 4. The minimum Gasteiger partial charge on any atom is -0.494 e. The van der Waals surface area contributed by atoms with Gasteiger partial charge in [0, 0.05) is 42.6 Å². The van der Waals surface area contributed by atoms with Gasteiger partial charge in [-0.2, -0.15) is 0 Å². The number of pyridine rings is 1. The van der Waals surface area contributed by atoms with Gasteiger partial charge in [0.1, 0.15) is 5.75 Å². The van der Waals surface area contributed by atoms with Crippen molar-refractivity contribution >= 4 is 40.7 Å². The van der Waals surface area contributed by atoms with Gasteiger partial charge in [-0.1, -0.05) is 0 Å². The first-order valence-corrected chi connectivity index (χ1v) is 10.4. The van der Waals surface area contributed by atoms with E-state index in [9.17, 15) is 19.2 Å². The average molecular weight is 459 g/mol. The Morgan fingerprint density at radius 3 is 2.44 bits per heavy atom. The minimum absolute atomic E-state index is 0.134. The van der Waals surface area contributed by atoms with Crippen molar-refractivity contribution in [2.45, 2.75) is 12.8 Å². The third-order valence-electron chi connectivity index (χ3n) is 5.07. The summed E-state index contributed by atoms with van der Waals surface area (Å²) in [5, 5.41) is 6.70. The van der Waals surface area contributed by atoms with Crippen LogP contribution < -0.4 is 25.8 Å². The largest absolute Gasteiger partial charge is 0.494 e. The average Bonchev–Trinajstić information content (AvgIpc) is 2.87. The van der Waals surface area contributed by atoms with Crippen LogP contribution in [0.15, 0.2) is 67.0 Å². The number of anilines is 3. The highest BCUT2D eigenvalue weighted by Crippen LogP contribution is 2.29. The number of nitrogens with zero attached hydrogens (tertiary/aromatic N) is 2. The van der Waals surface area contributed by atoms with Gasteiger partial charge in [0.05, 0.1) is 24.0 Å². The van der Waals surface area contributed by atoms with Gasteiger partial charge in [0.25, 0.3) is 11.8 Å². The topological polar surface area (TPSA) is 130 Å². The Morgan fingerprint density at radius 2 is 1.74 bits per heavy atom. The van der Waals surface area contributed by atoms with Gasteiger partial charge < -0.3 is 15.4 Å². The first-order valence-electron chi connectivity index (χ1n) is 10.4. The Hall–Kier alpha value is -4.73. The highest BCUT2D eigenvalue weighted by molar-refractivity contribution is 6.07. The standard InChI is InChI=1S/C24H21N5O5/c1-34-20-13-17(6-9-19(20)27-24(33)16-3-2-12-25-14-16)26-23(32)15-4-7-18(8-5-15)29-22(31)11-10-21(30)28-29/h2-9,12-14H,10-11H2,1H3,(H,26,32)(H,27,33)(H,28,30). The molecule has 0 bridgehead atoms. The fraction of sp³-hybridized carbons (Fsp3) is 0.125. The lowest BCUT2D eigenvalue weighted by atomic mass is 10.1. The minimum atomic E-state index is -0.380. The number of aromatic nitrogens is 1. The second-order valence-electron chi connectivity index (χ2n) is 7.38. The second-order valence-corrected chi connectivity index (χ2v) is 7.38. The predicted molar refractivity (Wildman–Crippen MR) is 124 cm³/mol. The molecule has 3 N–H and O–H groups in total. The van der Waals surface area contributed by atoms with Crippen LogP contribution >= 0.6 is 0 Å². The molecule has 2 aromatic carbocycles. The van der Waals surface area contributed by atoms with Crippen molar-refractivity contribution in [1.82, 2.24) is 10.4 Å². The van der Waals surface area contributed by atoms with Crippen molar-refractivity contribution in [2.24, 2.45) is 0 Å². The van der Waals surface area contributed by atoms with E-state index in [2.05, 4.69) is 21.0 Å². The zero-order valence-electron chi connectivity index (χ0n) is 18.2. The molecule has 1 aliphatic heterocycles. The zero-order valence-corrected chi connectivity index (χ0v) is 18.2. The van der Waals surface area contributed by atoms with Crippen LogP contribution in [0.1, 0.15) is 33.6 Å². The van der Waals surface area contributed by atoms with Gasteiger partial charge in [-0.25, -0.2) is 5.01 Å². The van der Waals surface area contributed by atoms with E-state index in [1.165, 1.54) is 18.3 Å². The van der Waals surface area contributed by atoms with E-state index in [1.54, 1.807) is 60.8 Å². The van der Waals surface area contributed by atoms with E-state index in [4.69, 9.17) is 4.74 Å². The lowest BCUT2D eigenvalue weighted by molar-refractivity contribution is -0.130. The van der Waals surface area contributed by atoms with E-state index in [1.807, 2.05) is 0 Å². The number of nitrogens with one attached hydrogen (secondary N) is 3. The van der Waals surface area contributed by atoms with Gasteiger partial charge in [-0.15, -0.1) is 0 Å². The third-order valence-corrected chi connectivity index (χ3v) is 5.07. The molecule has 3 aromatic rings. The molecule has 1 aliphatic rings. The Balaban J connectivity index is 1.44. The number of carbonyl (C=O) groups excluding carboxylic acids is 4. The van der Waals surface area contributed by atoms with E-state index < -0.39 is 0 Å². The lowest BCUT2D eigenvalue weighted by Crippen LogP contribution is -2.50. The van der Waals surface area contributed by atoms with Crippen molar-refractivity contribution < 1.29 is 23.9 Å². The van der Waals surface area contributed by atoms with Crippen LogP contribution in [0.3, 0.4) is 0 Å². The van der Waals surface area contributed by atoms with Gasteiger partial charge in [0.2, 0.25) is 11.8 Å². The molecule has 2 heterocycles. The molecule has 0 saturated carbocycles. The summed E-state index contributed by atoms with van der Waals surface area (Å²) < 4.78 is 5.36. The Labute approximate surface area is 194 Å². The van der Waals surface area contributed by atoms with Crippen molar-refractivity contribution in [1.29, 1.82) is 0 Å². The molecule has 4 rings (SSSR count). The van der Waals surface area contributed by atoms with E-state index in [0.29, 0.717) is 33.9 Å². The maximum atomic E-state index is 12.7. The summed E-state index contributed by atoms with van der Waals surface area (Å²) in [5.74, 6) is -0.818. The van der Waals surface area contributed by atoms with Crippen molar-refractivity contribution in [3.05, 3.63) is 78.1 Å². The maximum absolute atomic E-state index is 12.7. The van der Waals surface area contributed by atoms with Crippen LogP contribution in [-0.2, 0) is 9.59 Å². The van der Waals surface area contributed by atoms with E-state index in [-0.39, 0.29) is 36.5 Å². The summed E-state index contributed by atoms with van der Waals surface area (Å²) in [7, 11) is 1.46. The van der Waals surface area contributed by atoms with Crippen LogP contribution in [-0.4, -0.2) is 35.7 Å². The molecular formula is C24H21N5O5. The highest BCUT2D eigenvalue weighted by Gasteiger charge is 2.24. The Bertz CT molecular complexity index is 1240. The van der Waals surface area contributed by atoms with Crippen LogP contribution in [0, 0.1) is 0 Å². The third kappa shape index (κ3) is 5.01. The molecule has 172 valence electrons. The first-order chi connectivity index (χ1) is 16.4. The number of ether oxygens (including phenoxy) is 1. The Kier molecular flexibility index (Phi) is 6.49. The lowest BCUT2D eigenvalue weighted by Gasteiger charge is -2.27. The number of hydrogen-bond acceptors (Lipinski definition) is 6.